The van der Waals surface area contributed by atoms with Crippen molar-refractivity contribution in [1.82, 2.24) is 5.32 Å². The van der Waals surface area contributed by atoms with Crippen LogP contribution in [0.3, 0.4) is 0 Å². The Morgan fingerprint density at radius 2 is 1.95 bits per heavy atom. The lowest BCUT2D eigenvalue weighted by molar-refractivity contribution is 0.296. The Hall–Kier alpha value is -1.58. The molecule has 0 saturated carbocycles. The molecule has 2 aromatic rings. The molecule has 2 nitrogen and oxygen atoms in total. The van der Waals surface area contributed by atoms with E-state index in [1.807, 2.05) is 19.1 Å². The van der Waals surface area contributed by atoms with E-state index in [2.05, 4.69) is 18.3 Å². The first kappa shape index (κ1) is 15.8. The van der Waals surface area contributed by atoms with E-state index >= 15 is 0 Å². The molecule has 0 aliphatic carbocycles. The molecule has 2 rings (SSSR count). The van der Waals surface area contributed by atoms with Crippen LogP contribution in [0.5, 0.6) is 5.75 Å². The number of hydrogen-bond donors (Lipinski definition) is 1. The summed E-state index contributed by atoms with van der Waals surface area (Å²) in [5.74, 6) is 0.459. The van der Waals surface area contributed by atoms with Gasteiger partial charge in [-0.2, -0.15) is 0 Å². The minimum atomic E-state index is -0.306. The third-order valence-electron chi connectivity index (χ3n) is 3.17. The second-order valence-corrected chi connectivity index (χ2v) is 5.35. The topological polar surface area (TPSA) is 21.3 Å². The van der Waals surface area contributed by atoms with Crippen molar-refractivity contribution >= 4 is 11.6 Å². The molecule has 0 bridgehead atoms. The summed E-state index contributed by atoms with van der Waals surface area (Å²) in [6.07, 6.45) is 0. The molecular formula is C17H19ClFNO. The van der Waals surface area contributed by atoms with Gasteiger partial charge in [0.1, 0.15) is 18.2 Å². The Balaban J connectivity index is 2.13. The lowest BCUT2D eigenvalue weighted by atomic mass is 10.1. The van der Waals surface area contributed by atoms with E-state index in [4.69, 9.17) is 16.3 Å². The van der Waals surface area contributed by atoms with Crippen LogP contribution >= 0.6 is 11.6 Å². The first-order valence-corrected chi connectivity index (χ1v) is 7.35. The molecule has 1 N–H and O–H groups in total. The highest BCUT2D eigenvalue weighted by Crippen LogP contribution is 2.23. The zero-order valence-corrected chi connectivity index (χ0v) is 13.0. The maximum absolute atomic E-state index is 13.7. The third kappa shape index (κ3) is 4.45. The first-order valence-electron chi connectivity index (χ1n) is 6.97. The third-order valence-corrected chi connectivity index (χ3v) is 3.41. The van der Waals surface area contributed by atoms with E-state index in [0.29, 0.717) is 10.6 Å². The van der Waals surface area contributed by atoms with Crippen molar-refractivity contribution < 1.29 is 9.13 Å². The predicted molar refractivity (Wildman–Crippen MR) is 84.3 cm³/mol. The van der Waals surface area contributed by atoms with Gasteiger partial charge in [0.2, 0.25) is 0 Å². The maximum atomic E-state index is 13.7. The number of aryl methyl sites for hydroxylation is 1. The van der Waals surface area contributed by atoms with E-state index in [9.17, 15) is 4.39 Å². The van der Waals surface area contributed by atoms with E-state index < -0.39 is 0 Å². The highest BCUT2D eigenvalue weighted by atomic mass is 35.5. The van der Waals surface area contributed by atoms with Crippen LogP contribution in [-0.2, 0) is 13.2 Å². The molecule has 0 radical (unpaired) electrons. The van der Waals surface area contributed by atoms with Crippen LogP contribution < -0.4 is 10.1 Å². The molecule has 0 aliphatic heterocycles. The summed E-state index contributed by atoms with van der Waals surface area (Å²) in [6.45, 7) is 5.87. The second-order valence-electron chi connectivity index (χ2n) is 4.92. The number of hydrogen-bond acceptors (Lipinski definition) is 2. The van der Waals surface area contributed by atoms with Crippen LogP contribution in [0.15, 0.2) is 36.4 Å². The van der Waals surface area contributed by atoms with Crippen molar-refractivity contribution in [3.05, 3.63) is 63.9 Å². The largest absolute Gasteiger partial charge is 0.488 e. The summed E-state index contributed by atoms with van der Waals surface area (Å²) in [4.78, 5) is 0. The average molecular weight is 308 g/mol. The van der Waals surface area contributed by atoms with E-state index in [1.54, 1.807) is 6.07 Å². The number of rotatable bonds is 6. The Kier molecular flexibility index (Phi) is 5.59. The molecule has 2 aromatic carbocycles. The summed E-state index contributed by atoms with van der Waals surface area (Å²) in [5, 5.41) is 3.78. The van der Waals surface area contributed by atoms with Gasteiger partial charge in [0.05, 0.1) is 0 Å². The van der Waals surface area contributed by atoms with Gasteiger partial charge in [-0.1, -0.05) is 36.2 Å². The van der Waals surface area contributed by atoms with Gasteiger partial charge in [0.25, 0.3) is 0 Å². The van der Waals surface area contributed by atoms with E-state index in [-0.39, 0.29) is 12.4 Å². The smallest absolute Gasteiger partial charge is 0.129 e. The highest BCUT2D eigenvalue weighted by molar-refractivity contribution is 6.30. The second kappa shape index (κ2) is 7.43. The minimum absolute atomic E-state index is 0.161. The molecule has 0 aliphatic rings. The lowest BCUT2D eigenvalue weighted by Gasteiger charge is -2.13. The van der Waals surface area contributed by atoms with Crippen molar-refractivity contribution in [2.45, 2.75) is 27.0 Å². The molecule has 21 heavy (non-hydrogen) atoms. The molecule has 0 atom stereocenters. The van der Waals surface area contributed by atoms with Gasteiger partial charge >= 0.3 is 0 Å². The predicted octanol–water partition coefficient (Wildman–Crippen LogP) is 4.48. The Morgan fingerprint density at radius 1 is 1.14 bits per heavy atom. The minimum Gasteiger partial charge on any atom is -0.488 e. The normalized spacial score (nSPS) is 10.7. The molecule has 0 amide bonds. The summed E-state index contributed by atoms with van der Waals surface area (Å²) in [6, 6.07) is 10.5. The first-order chi connectivity index (χ1) is 10.1. The van der Waals surface area contributed by atoms with Gasteiger partial charge in [-0.25, -0.2) is 4.39 Å². The molecule has 0 aromatic heterocycles. The van der Waals surface area contributed by atoms with Gasteiger partial charge < -0.3 is 10.1 Å². The Morgan fingerprint density at radius 3 is 2.71 bits per heavy atom. The van der Waals surface area contributed by atoms with Gasteiger partial charge in [-0.3, -0.25) is 0 Å². The fraction of sp³-hybridized carbons (Fsp3) is 0.294. The van der Waals surface area contributed by atoms with Crippen LogP contribution in [0.25, 0.3) is 0 Å². The fourth-order valence-corrected chi connectivity index (χ4v) is 2.25. The average Bonchev–Trinajstić information content (AvgIpc) is 2.47. The fourth-order valence-electron chi connectivity index (χ4n) is 2.06. The zero-order chi connectivity index (χ0) is 15.2. The molecule has 0 spiro atoms. The monoisotopic (exact) mass is 307 g/mol. The van der Waals surface area contributed by atoms with Gasteiger partial charge in [-0.15, -0.1) is 0 Å². The Labute approximate surface area is 129 Å². The van der Waals surface area contributed by atoms with Crippen LogP contribution in [0, 0.1) is 12.7 Å². The summed E-state index contributed by atoms with van der Waals surface area (Å²) in [5.41, 5.74) is 2.70. The highest BCUT2D eigenvalue weighted by Gasteiger charge is 2.07. The Bertz CT molecular complexity index is 616. The zero-order valence-electron chi connectivity index (χ0n) is 12.2. The van der Waals surface area contributed by atoms with Crippen LogP contribution in [-0.4, -0.2) is 6.54 Å². The van der Waals surface area contributed by atoms with Gasteiger partial charge in [0, 0.05) is 22.7 Å². The molecule has 0 unspecified atom stereocenters. The maximum Gasteiger partial charge on any atom is 0.129 e. The van der Waals surface area contributed by atoms with Gasteiger partial charge in [0.15, 0.2) is 0 Å². The van der Waals surface area contributed by atoms with Crippen LogP contribution in [0.4, 0.5) is 4.39 Å². The van der Waals surface area contributed by atoms with E-state index in [1.165, 1.54) is 17.7 Å². The van der Waals surface area contributed by atoms with E-state index in [0.717, 1.165) is 24.4 Å². The summed E-state index contributed by atoms with van der Waals surface area (Å²) >= 11 is 5.89. The molecule has 4 heteroatoms. The van der Waals surface area contributed by atoms with Crippen molar-refractivity contribution in [2.75, 3.05) is 6.54 Å². The molecule has 0 fully saturated rings. The quantitative estimate of drug-likeness (QED) is 0.850. The molecule has 0 saturated heterocycles. The van der Waals surface area contributed by atoms with Crippen molar-refractivity contribution in [3.63, 3.8) is 0 Å². The standard InChI is InChI=1S/C17H19ClFNO/c1-3-20-10-13-8-12(2)4-7-17(13)21-11-14-9-15(18)5-6-16(14)19/h4-9,20H,3,10-11H2,1-2H3. The van der Waals surface area contributed by atoms with Gasteiger partial charge in [-0.05, 0) is 37.7 Å². The van der Waals surface area contributed by atoms with Crippen molar-refractivity contribution in [2.24, 2.45) is 0 Å². The van der Waals surface area contributed by atoms with Crippen molar-refractivity contribution in [3.8, 4) is 5.75 Å². The number of halogens is 2. The molecule has 0 heterocycles. The molecular weight excluding hydrogens is 289 g/mol. The number of ether oxygens (including phenoxy) is 1. The van der Waals surface area contributed by atoms with Crippen molar-refractivity contribution in [1.29, 1.82) is 0 Å². The summed E-state index contributed by atoms with van der Waals surface area (Å²) in [7, 11) is 0. The number of benzene rings is 2. The summed E-state index contributed by atoms with van der Waals surface area (Å²) < 4.78 is 19.5. The molecule has 112 valence electrons. The number of nitrogens with one attached hydrogen (secondary N) is 1. The van der Waals surface area contributed by atoms with Crippen LogP contribution in [0.2, 0.25) is 5.02 Å². The lowest BCUT2D eigenvalue weighted by Crippen LogP contribution is -2.13. The SMILES string of the molecule is CCNCc1cc(C)ccc1OCc1cc(Cl)ccc1F. The van der Waals surface area contributed by atoms with Crippen LogP contribution in [0.1, 0.15) is 23.6 Å².